The number of benzene rings is 2. The van der Waals surface area contributed by atoms with E-state index < -0.39 is 0 Å². The van der Waals surface area contributed by atoms with Crippen LogP contribution in [0.2, 0.25) is 0 Å². The van der Waals surface area contributed by atoms with Crippen molar-refractivity contribution in [3.63, 3.8) is 0 Å². The summed E-state index contributed by atoms with van der Waals surface area (Å²) in [6.07, 6.45) is 4.82. The van der Waals surface area contributed by atoms with E-state index in [9.17, 15) is 0 Å². The Hall–Kier alpha value is -2.74. The lowest BCUT2D eigenvalue weighted by molar-refractivity contribution is 0.426. The summed E-state index contributed by atoms with van der Waals surface area (Å²) in [7, 11) is 0. The number of allylic oxidation sites excluding steroid dienone is 3. The lowest BCUT2D eigenvalue weighted by Crippen LogP contribution is -2.24. The third-order valence-electron chi connectivity index (χ3n) is 4.03. The van der Waals surface area contributed by atoms with Crippen LogP contribution in [-0.2, 0) is 0 Å². The lowest BCUT2D eigenvalue weighted by atomic mass is 10.1. The van der Waals surface area contributed by atoms with Crippen LogP contribution in [0.3, 0.4) is 0 Å². The second-order valence-corrected chi connectivity index (χ2v) is 6.24. The van der Waals surface area contributed by atoms with Crippen molar-refractivity contribution < 1.29 is 4.74 Å². The van der Waals surface area contributed by atoms with Gasteiger partial charge in [0, 0.05) is 12.1 Å². The predicted molar refractivity (Wildman–Crippen MR) is 102 cm³/mol. The summed E-state index contributed by atoms with van der Waals surface area (Å²) in [4.78, 5) is 2.27. The molecule has 0 aromatic heterocycles. The van der Waals surface area contributed by atoms with Crippen molar-refractivity contribution in [3.8, 4) is 5.75 Å². The van der Waals surface area contributed by atoms with Crippen LogP contribution in [0.25, 0.3) is 0 Å². The fraction of sp³-hybridized carbons (Fsp3) is 0.182. The number of anilines is 2. The van der Waals surface area contributed by atoms with Gasteiger partial charge in [-0.05, 0) is 56.7 Å². The van der Waals surface area contributed by atoms with Crippen LogP contribution in [0.1, 0.15) is 25.8 Å². The number of para-hydroxylation sites is 1. The molecule has 0 amide bonds. The first kappa shape index (κ1) is 16.1. The summed E-state index contributed by atoms with van der Waals surface area (Å²) in [6, 6.07) is 16.7. The standard InChI is InChI=1S/C22H23NO/c1-5-21-19(13-11-16(2)3)23(18-9-7-6-8-10-18)20-14-12-17(4)15-22(20)24-21/h5-12,14-15H,1,13H2,2-4H3. The molecule has 24 heavy (non-hydrogen) atoms. The van der Waals surface area contributed by atoms with Gasteiger partial charge in [-0.1, -0.05) is 42.5 Å². The maximum atomic E-state index is 6.15. The van der Waals surface area contributed by atoms with Gasteiger partial charge in [0.1, 0.15) is 5.76 Å². The van der Waals surface area contributed by atoms with Crippen LogP contribution in [-0.4, -0.2) is 0 Å². The highest BCUT2D eigenvalue weighted by atomic mass is 16.5. The molecular weight excluding hydrogens is 294 g/mol. The summed E-state index contributed by atoms with van der Waals surface area (Å²) < 4.78 is 6.15. The number of rotatable bonds is 4. The number of aryl methyl sites for hydroxylation is 1. The highest BCUT2D eigenvalue weighted by molar-refractivity contribution is 5.76. The smallest absolute Gasteiger partial charge is 0.151 e. The molecule has 1 aliphatic heterocycles. The molecule has 0 radical (unpaired) electrons. The first-order valence-electron chi connectivity index (χ1n) is 8.23. The number of hydrogen-bond acceptors (Lipinski definition) is 2. The zero-order valence-corrected chi connectivity index (χ0v) is 14.5. The van der Waals surface area contributed by atoms with Crippen molar-refractivity contribution in [1.29, 1.82) is 0 Å². The van der Waals surface area contributed by atoms with Gasteiger partial charge in [-0.25, -0.2) is 0 Å². The van der Waals surface area contributed by atoms with Crippen molar-refractivity contribution in [2.24, 2.45) is 0 Å². The van der Waals surface area contributed by atoms with Gasteiger partial charge in [0.05, 0.1) is 11.4 Å². The van der Waals surface area contributed by atoms with E-state index in [0.717, 1.165) is 35.0 Å². The Labute approximate surface area is 144 Å². The fourth-order valence-electron chi connectivity index (χ4n) is 2.84. The van der Waals surface area contributed by atoms with E-state index in [1.807, 2.05) is 6.07 Å². The molecule has 122 valence electrons. The SMILES string of the molecule is C=CC1=C(CC=C(C)C)N(c2ccccc2)c2ccc(C)cc2O1. The molecule has 2 aromatic rings. The summed E-state index contributed by atoms with van der Waals surface area (Å²) in [5, 5.41) is 0. The molecule has 2 nitrogen and oxygen atoms in total. The highest BCUT2D eigenvalue weighted by Gasteiger charge is 2.26. The van der Waals surface area contributed by atoms with Gasteiger partial charge in [0.25, 0.3) is 0 Å². The average Bonchev–Trinajstić information content (AvgIpc) is 2.59. The number of fused-ring (bicyclic) bond motifs is 1. The largest absolute Gasteiger partial charge is 0.453 e. The van der Waals surface area contributed by atoms with Crippen LogP contribution in [0.5, 0.6) is 5.75 Å². The van der Waals surface area contributed by atoms with E-state index in [2.05, 4.69) is 80.8 Å². The molecule has 0 bridgehead atoms. The molecule has 0 aliphatic carbocycles. The Kier molecular flexibility index (Phi) is 4.57. The van der Waals surface area contributed by atoms with Crippen molar-refractivity contribution in [2.75, 3.05) is 4.90 Å². The van der Waals surface area contributed by atoms with Crippen molar-refractivity contribution in [3.05, 3.63) is 89.9 Å². The first-order chi connectivity index (χ1) is 11.6. The van der Waals surface area contributed by atoms with Crippen molar-refractivity contribution in [2.45, 2.75) is 27.2 Å². The Morgan fingerprint density at radius 1 is 1.12 bits per heavy atom. The zero-order chi connectivity index (χ0) is 17.1. The predicted octanol–water partition coefficient (Wildman–Crippen LogP) is 6.28. The minimum absolute atomic E-state index is 0.798. The monoisotopic (exact) mass is 317 g/mol. The van der Waals surface area contributed by atoms with Crippen LogP contribution in [0.15, 0.2) is 84.3 Å². The molecular formula is C22H23NO. The quantitative estimate of drug-likeness (QED) is 0.615. The third-order valence-corrected chi connectivity index (χ3v) is 4.03. The molecule has 1 heterocycles. The summed E-state index contributed by atoms with van der Waals surface area (Å²) in [6.45, 7) is 10.3. The minimum atomic E-state index is 0.798. The van der Waals surface area contributed by atoms with E-state index in [-0.39, 0.29) is 0 Å². The van der Waals surface area contributed by atoms with Crippen LogP contribution in [0.4, 0.5) is 11.4 Å². The Balaban J connectivity index is 2.19. The maximum absolute atomic E-state index is 6.15. The molecule has 0 N–H and O–H groups in total. The normalized spacial score (nSPS) is 13.2. The van der Waals surface area contributed by atoms with Gasteiger partial charge in [-0.15, -0.1) is 0 Å². The molecule has 0 saturated heterocycles. The van der Waals surface area contributed by atoms with Gasteiger partial charge in [-0.2, -0.15) is 0 Å². The van der Waals surface area contributed by atoms with E-state index in [4.69, 9.17) is 4.74 Å². The van der Waals surface area contributed by atoms with Crippen LogP contribution in [0, 0.1) is 6.92 Å². The van der Waals surface area contributed by atoms with Crippen LogP contribution >= 0.6 is 0 Å². The molecule has 1 aliphatic rings. The van der Waals surface area contributed by atoms with Crippen molar-refractivity contribution in [1.82, 2.24) is 0 Å². The maximum Gasteiger partial charge on any atom is 0.151 e. The molecule has 2 aromatic carbocycles. The molecule has 0 fully saturated rings. The molecule has 0 atom stereocenters. The highest BCUT2D eigenvalue weighted by Crippen LogP contribution is 2.44. The minimum Gasteiger partial charge on any atom is -0.453 e. The van der Waals surface area contributed by atoms with E-state index in [1.165, 1.54) is 11.1 Å². The second-order valence-electron chi connectivity index (χ2n) is 6.24. The Morgan fingerprint density at radius 2 is 1.88 bits per heavy atom. The Morgan fingerprint density at radius 3 is 2.54 bits per heavy atom. The fourth-order valence-corrected chi connectivity index (χ4v) is 2.84. The van der Waals surface area contributed by atoms with Gasteiger partial charge in [0.15, 0.2) is 5.75 Å². The van der Waals surface area contributed by atoms with E-state index in [0.29, 0.717) is 0 Å². The molecule has 0 unspecified atom stereocenters. The molecule has 2 heteroatoms. The van der Waals surface area contributed by atoms with Gasteiger partial charge < -0.3 is 9.64 Å². The third kappa shape index (κ3) is 3.13. The summed E-state index contributed by atoms with van der Waals surface area (Å²) in [5.74, 6) is 1.68. The number of nitrogens with zero attached hydrogens (tertiary/aromatic N) is 1. The second kappa shape index (κ2) is 6.79. The molecule has 0 saturated carbocycles. The molecule has 3 rings (SSSR count). The van der Waals surface area contributed by atoms with E-state index in [1.54, 1.807) is 6.08 Å². The zero-order valence-electron chi connectivity index (χ0n) is 14.5. The van der Waals surface area contributed by atoms with Gasteiger partial charge >= 0.3 is 0 Å². The summed E-state index contributed by atoms with van der Waals surface area (Å²) in [5.41, 5.74) is 5.76. The van der Waals surface area contributed by atoms with Gasteiger partial charge in [-0.3, -0.25) is 0 Å². The summed E-state index contributed by atoms with van der Waals surface area (Å²) >= 11 is 0. The van der Waals surface area contributed by atoms with E-state index >= 15 is 0 Å². The topological polar surface area (TPSA) is 12.5 Å². The van der Waals surface area contributed by atoms with Crippen molar-refractivity contribution >= 4 is 11.4 Å². The first-order valence-corrected chi connectivity index (χ1v) is 8.23. The van der Waals surface area contributed by atoms with Gasteiger partial charge in [0.2, 0.25) is 0 Å². The van der Waals surface area contributed by atoms with Crippen LogP contribution < -0.4 is 9.64 Å². The number of hydrogen-bond donors (Lipinski definition) is 0. The Bertz CT molecular complexity index is 811. The average molecular weight is 317 g/mol. The number of ether oxygens (including phenoxy) is 1. The molecule has 0 spiro atoms. The lowest BCUT2D eigenvalue weighted by Gasteiger charge is -2.34.